The molecular weight excluding hydrogens is 309 g/mol. The van der Waals surface area contributed by atoms with Crippen molar-refractivity contribution in [3.8, 4) is 0 Å². The Bertz CT molecular complexity index is 590. The first-order valence-electron chi connectivity index (χ1n) is 8.32. The van der Waals surface area contributed by atoms with Crippen LogP contribution in [0.1, 0.15) is 11.7 Å². The van der Waals surface area contributed by atoms with Crippen LogP contribution in [0.5, 0.6) is 0 Å². The zero-order valence-electron chi connectivity index (χ0n) is 14.2. The molecule has 1 aromatic carbocycles. The van der Waals surface area contributed by atoms with Crippen LogP contribution in [0.3, 0.4) is 0 Å². The fraction of sp³-hybridized carbons (Fsp3) is 0.647. The Morgan fingerprint density at radius 3 is 2.38 bits per heavy atom. The lowest BCUT2D eigenvalue weighted by Gasteiger charge is -2.24. The Morgan fingerprint density at radius 2 is 1.88 bits per heavy atom. The largest absolute Gasteiger partial charge is 0.376 e. The van der Waals surface area contributed by atoms with Gasteiger partial charge in [-0.25, -0.2) is 0 Å². The molecule has 24 heavy (non-hydrogen) atoms. The Labute approximate surface area is 141 Å². The van der Waals surface area contributed by atoms with E-state index in [0.29, 0.717) is 0 Å². The van der Waals surface area contributed by atoms with Gasteiger partial charge in [-0.2, -0.15) is 0 Å². The summed E-state index contributed by atoms with van der Waals surface area (Å²) in [5, 5.41) is 3.50. The third kappa shape index (κ3) is 3.34. The average molecular weight is 333 g/mol. The third-order valence-corrected chi connectivity index (χ3v) is 5.22. The first-order valence-corrected chi connectivity index (χ1v) is 8.32. The number of rotatable bonds is 6. The van der Waals surface area contributed by atoms with Gasteiger partial charge in [-0.1, -0.05) is 17.2 Å². The van der Waals surface area contributed by atoms with Gasteiger partial charge in [-0.15, -0.1) is 0 Å². The van der Waals surface area contributed by atoms with Gasteiger partial charge in [-0.3, -0.25) is 4.39 Å². The van der Waals surface area contributed by atoms with Crippen molar-refractivity contribution in [1.29, 1.82) is 0 Å². The number of hydrogen-bond donors (Lipinski definition) is 0. The molecule has 0 aliphatic carbocycles. The fourth-order valence-electron chi connectivity index (χ4n) is 4.07. The van der Waals surface area contributed by atoms with E-state index in [9.17, 15) is 4.39 Å². The highest BCUT2D eigenvalue weighted by atomic mass is 19.1. The number of halogens is 1. The number of nitrogens with zero attached hydrogens (tertiary/aromatic N) is 5. The van der Waals surface area contributed by atoms with Gasteiger partial charge in [-0.05, 0) is 42.1 Å². The van der Waals surface area contributed by atoms with E-state index in [2.05, 4.69) is 39.0 Å². The molecule has 1 aromatic rings. The van der Waals surface area contributed by atoms with Gasteiger partial charge < -0.3 is 14.5 Å². The molecule has 2 aliphatic rings. The topological polar surface area (TPSA) is 64.5 Å². The van der Waals surface area contributed by atoms with Crippen molar-refractivity contribution in [2.24, 2.45) is 17.0 Å². The van der Waals surface area contributed by atoms with Gasteiger partial charge in [0.2, 0.25) is 0 Å². The second-order valence-electron chi connectivity index (χ2n) is 6.82. The molecular formula is C17H24FN5O. The molecule has 2 aliphatic heterocycles. The Kier molecular flexibility index (Phi) is 5.23. The normalized spacial score (nSPS) is 26.0. The zero-order valence-corrected chi connectivity index (χ0v) is 14.2. The lowest BCUT2D eigenvalue weighted by molar-refractivity contribution is 0.0722. The molecule has 6 nitrogen and oxygen atoms in total. The van der Waals surface area contributed by atoms with Crippen molar-refractivity contribution in [3.05, 3.63) is 40.3 Å². The molecule has 7 heteroatoms. The molecule has 0 aromatic heterocycles. The van der Waals surface area contributed by atoms with Gasteiger partial charge in [0.15, 0.2) is 0 Å². The molecule has 0 N–H and O–H groups in total. The average Bonchev–Trinajstić information content (AvgIpc) is 3.12. The highest BCUT2D eigenvalue weighted by Crippen LogP contribution is 2.34. The quantitative estimate of drug-likeness (QED) is 0.457. The fourth-order valence-corrected chi connectivity index (χ4v) is 4.07. The number of anilines is 1. The summed E-state index contributed by atoms with van der Waals surface area (Å²) in [6.45, 7) is 3.79. The van der Waals surface area contributed by atoms with Crippen molar-refractivity contribution in [3.63, 3.8) is 0 Å². The first kappa shape index (κ1) is 17.0. The molecule has 0 bridgehead atoms. The first-order chi connectivity index (χ1) is 11.7. The SMILES string of the molecule is CO[C@H](c1ccc(N2CC3CN(C)CC3C2)cc1)[C@@H](CF)N=[N+]=[N-]. The summed E-state index contributed by atoms with van der Waals surface area (Å²) in [5.74, 6) is 1.50. The predicted octanol–water partition coefficient (Wildman–Crippen LogP) is 3.02. The monoisotopic (exact) mass is 333 g/mol. The van der Waals surface area contributed by atoms with Gasteiger partial charge in [0.25, 0.3) is 0 Å². The van der Waals surface area contributed by atoms with Gasteiger partial charge >= 0.3 is 0 Å². The highest BCUT2D eigenvalue weighted by molar-refractivity contribution is 5.49. The molecule has 4 atom stereocenters. The molecule has 0 radical (unpaired) electrons. The van der Waals surface area contributed by atoms with Crippen molar-refractivity contribution < 1.29 is 9.13 Å². The predicted molar refractivity (Wildman–Crippen MR) is 91.8 cm³/mol. The maximum Gasteiger partial charge on any atom is 0.101 e. The lowest BCUT2D eigenvalue weighted by Crippen LogP contribution is -2.26. The lowest BCUT2D eigenvalue weighted by atomic mass is 10.0. The number of ether oxygens (including phenoxy) is 1. The second-order valence-corrected chi connectivity index (χ2v) is 6.82. The molecule has 0 amide bonds. The molecule has 0 saturated carbocycles. The maximum absolute atomic E-state index is 13.1. The molecule has 2 saturated heterocycles. The second kappa shape index (κ2) is 7.38. The Balaban J connectivity index is 1.70. The van der Waals surface area contributed by atoms with Crippen molar-refractivity contribution in [1.82, 2.24) is 4.90 Å². The summed E-state index contributed by atoms with van der Waals surface area (Å²) >= 11 is 0. The van der Waals surface area contributed by atoms with Crippen LogP contribution in [-0.4, -0.2) is 58.0 Å². The number of azide groups is 1. The van der Waals surface area contributed by atoms with E-state index < -0.39 is 18.8 Å². The van der Waals surface area contributed by atoms with Crippen LogP contribution in [0.4, 0.5) is 10.1 Å². The number of hydrogen-bond acceptors (Lipinski definition) is 4. The standard InChI is InChI=1S/C17H24FN5O/c1-22-8-13-10-23(11-14(13)9-22)15-5-3-12(4-6-15)17(24-2)16(7-18)20-21-19/h3-6,13-14,16-17H,7-11H2,1-2H3/t13?,14?,16-,17-/m1/s1. The summed E-state index contributed by atoms with van der Waals surface area (Å²) in [6.07, 6.45) is -0.563. The Morgan fingerprint density at radius 1 is 1.25 bits per heavy atom. The highest BCUT2D eigenvalue weighted by Gasteiger charge is 2.38. The van der Waals surface area contributed by atoms with E-state index in [1.165, 1.54) is 25.9 Å². The van der Waals surface area contributed by atoms with E-state index in [0.717, 1.165) is 30.5 Å². The Hall–Kier alpha value is -1.82. The van der Waals surface area contributed by atoms with Crippen molar-refractivity contribution in [2.75, 3.05) is 51.9 Å². The minimum absolute atomic E-state index is 0.563. The van der Waals surface area contributed by atoms with Crippen molar-refractivity contribution in [2.45, 2.75) is 12.1 Å². The summed E-state index contributed by atoms with van der Waals surface area (Å²) in [4.78, 5) is 7.55. The minimum atomic E-state index is -0.840. The third-order valence-electron chi connectivity index (χ3n) is 5.22. The number of likely N-dealkylation sites (tertiary alicyclic amines) is 1. The molecule has 3 rings (SSSR count). The van der Waals surface area contributed by atoms with Crippen LogP contribution < -0.4 is 4.90 Å². The molecule has 0 spiro atoms. The zero-order chi connectivity index (χ0) is 17.1. The van der Waals surface area contributed by atoms with Gasteiger partial charge in [0.05, 0.1) is 12.1 Å². The van der Waals surface area contributed by atoms with E-state index in [1.807, 2.05) is 12.1 Å². The van der Waals surface area contributed by atoms with Crippen molar-refractivity contribution >= 4 is 5.69 Å². The van der Waals surface area contributed by atoms with E-state index in [1.54, 1.807) is 0 Å². The molecule has 130 valence electrons. The molecule has 2 heterocycles. The molecule has 2 unspecified atom stereocenters. The number of alkyl halides is 1. The summed E-state index contributed by atoms with van der Waals surface area (Å²) in [6, 6.07) is 7.15. The summed E-state index contributed by atoms with van der Waals surface area (Å²) in [7, 11) is 3.69. The van der Waals surface area contributed by atoms with E-state index >= 15 is 0 Å². The minimum Gasteiger partial charge on any atom is -0.376 e. The molecule has 2 fully saturated rings. The maximum atomic E-state index is 13.1. The smallest absolute Gasteiger partial charge is 0.101 e. The van der Waals surface area contributed by atoms with Crippen LogP contribution >= 0.6 is 0 Å². The number of methoxy groups -OCH3 is 1. The van der Waals surface area contributed by atoms with Crippen LogP contribution in [0.15, 0.2) is 29.4 Å². The summed E-state index contributed by atoms with van der Waals surface area (Å²) < 4.78 is 18.5. The van der Waals surface area contributed by atoms with E-state index in [4.69, 9.17) is 10.3 Å². The van der Waals surface area contributed by atoms with Crippen LogP contribution in [-0.2, 0) is 4.74 Å². The van der Waals surface area contributed by atoms with Crippen LogP contribution in [0.25, 0.3) is 10.4 Å². The van der Waals surface area contributed by atoms with Gasteiger partial charge in [0, 0.05) is 43.9 Å². The van der Waals surface area contributed by atoms with Crippen LogP contribution in [0, 0.1) is 11.8 Å². The number of benzene rings is 1. The summed E-state index contributed by atoms with van der Waals surface area (Å²) in [5.41, 5.74) is 10.6. The number of fused-ring (bicyclic) bond motifs is 1. The van der Waals surface area contributed by atoms with Crippen LogP contribution in [0.2, 0.25) is 0 Å². The van der Waals surface area contributed by atoms with E-state index in [-0.39, 0.29) is 0 Å². The van der Waals surface area contributed by atoms with Gasteiger partial charge in [0.1, 0.15) is 6.67 Å².